The summed E-state index contributed by atoms with van der Waals surface area (Å²) in [5.41, 5.74) is -0.971. The molecular formula is C8H18N2O4S. The van der Waals surface area contributed by atoms with Crippen LogP contribution in [0.3, 0.4) is 0 Å². The molecule has 15 heavy (non-hydrogen) atoms. The average molecular weight is 238 g/mol. The van der Waals surface area contributed by atoms with Gasteiger partial charge in [-0.05, 0) is 0 Å². The summed E-state index contributed by atoms with van der Waals surface area (Å²) in [6.45, 7) is 0.983. The Balaban J connectivity index is 2.48. The fraction of sp³-hybridized carbons (Fsp3) is 1.00. The summed E-state index contributed by atoms with van der Waals surface area (Å²) >= 11 is 0. The van der Waals surface area contributed by atoms with Gasteiger partial charge in [0.05, 0.1) is 5.60 Å². The molecule has 0 aliphatic carbocycles. The van der Waals surface area contributed by atoms with Gasteiger partial charge in [0.15, 0.2) is 0 Å². The lowest BCUT2D eigenvalue weighted by atomic mass is 9.95. The lowest BCUT2D eigenvalue weighted by molar-refractivity contribution is -0.0589. The van der Waals surface area contributed by atoms with Crippen LogP contribution in [0.25, 0.3) is 0 Å². The van der Waals surface area contributed by atoms with Crippen LogP contribution in [0, 0.1) is 0 Å². The Morgan fingerprint density at radius 3 is 2.40 bits per heavy atom. The molecule has 0 unspecified atom stereocenters. The SMILES string of the molecule is CN(C)S(=O)(=O)NCC1(O)CCOCC1. The summed E-state index contributed by atoms with van der Waals surface area (Å²) < 4.78 is 31.3. The molecule has 1 aliphatic heterocycles. The smallest absolute Gasteiger partial charge is 0.279 e. The number of nitrogens with one attached hydrogen (secondary N) is 1. The van der Waals surface area contributed by atoms with Crippen molar-refractivity contribution in [3.63, 3.8) is 0 Å². The predicted molar refractivity (Wildman–Crippen MR) is 55.6 cm³/mol. The number of hydrogen-bond acceptors (Lipinski definition) is 4. The van der Waals surface area contributed by atoms with E-state index in [0.717, 1.165) is 4.31 Å². The fourth-order valence-electron chi connectivity index (χ4n) is 1.28. The number of nitrogens with zero attached hydrogens (tertiary/aromatic N) is 1. The van der Waals surface area contributed by atoms with Crippen LogP contribution < -0.4 is 4.72 Å². The van der Waals surface area contributed by atoms with Gasteiger partial charge in [-0.2, -0.15) is 17.4 Å². The molecule has 0 aromatic heterocycles. The highest BCUT2D eigenvalue weighted by molar-refractivity contribution is 7.87. The van der Waals surface area contributed by atoms with Crippen LogP contribution in [0.5, 0.6) is 0 Å². The van der Waals surface area contributed by atoms with Gasteiger partial charge in [0.1, 0.15) is 0 Å². The van der Waals surface area contributed by atoms with Crippen LogP contribution in [-0.2, 0) is 14.9 Å². The van der Waals surface area contributed by atoms with Crippen molar-refractivity contribution in [3.05, 3.63) is 0 Å². The van der Waals surface area contributed by atoms with E-state index < -0.39 is 15.8 Å². The molecule has 0 amide bonds. The first kappa shape index (κ1) is 12.9. The lowest BCUT2D eigenvalue weighted by Crippen LogP contribution is -2.48. The van der Waals surface area contributed by atoms with Crippen LogP contribution in [0.4, 0.5) is 0 Å². The highest BCUT2D eigenvalue weighted by Gasteiger charge is 2.31. The normalized spacial score (nSPS) is 21.9. The molecule has 0 saturated carbocycles. The molecular weight excluding hydrogens is 220 g/mol. The second kappa shape index (κ2) is 4.75. The van der Waals surface area contributed by atoms with Gasteiger partial charge >= 0.3 is 0 Å². The molecule has 0 bridgehead atoms. The van der Waals surface area contributed by atoms with Crippen LogP contribution >= 0.6 is 0 Å². The minimum Gasteiger partial charge on any atom is -0.388 e. The molecule has 2 N–H and O–H groups in total. The third-order valence-electron chi connectivity index (χ3n) is 2.49. The Kier molecular flexibility index (Phi) is 4.07. The zero-order chi connectivity index (χ0) is 11.5. The summed E-state index contributed by atoms with van der Waals surface area (Å²) in [5.74, 6) is 0. The Hall–Kier alpha value is -0.210. The molecule has 1 saturated heterocycles. The predicted octanol–water partition coefficient (Wildman–Crippen LogP) is -1.08. The molecule has 0 aromatic rings. The monoisotopic (exact) mass is 238 g/mol. The van der Waals surface area contributed by atoms with E-state index in [-0.39, 0.29) is 6.54 Å². The number of ether oxygens (including phenoxy) is 1. The Morgan fingerprint density at radius 1 is 1.40 bits per heavy atom. The van der Waals surface area contributed by atoms with Gasteiger partial charge in [-0.15, -0.1) is 0 Å². The second-order valence-corrected chi connectivity index (χ2v) is 5.91. The molecule has 1 rings (SSSR count). The largest absolute Gasteiger partial charge is 0.388 e. The first-order chi connectivity index (χ1) is 6.86. The summed E-state index contributed by atoms with van der Waals surface area (Å²) in [6.07, 6.45) is 0.923. The van der Waals surface area contributed by atoms with E-state index in [2.05, 4.69) is 4.72 Å². The molecule has 7 heteroatoms. The standard InChI is InChI=1S/C8H18N2O4S/c1-10(2)15(12,13)9-7-8(11)3-5-14-6-4-8/h9,11H,3-7H2,1-2H3. The van der Waals surface area contributed by atoms with Gasteiger partial charge in [0, 0.05) is 46.7 Å². The summed E-state index contributed by atoms with van der Waals surface area (Å²) in [7, 11) is -0.572. The van der Waals surface area contributed by atoms with Crippen molar-refractivity contribution in [1.82, 2.24) is 9.03 Å². The average Bonchev–Trinajstić information content (AvgIpc) is 2.16. The van der Waals surface area contributed by atoms with Crippen molar-refractivity contribution in [1.29, 1.82) is 0 Å². The van der Waals surface area contributed by atoms with Crippen LogP contribution in [0.2, 0.25) is 0 Å². The maximum atomic E-state index is 11.4. The van der Waals surface area contributed by atoms with Gasteiger partial charge < -0.3 is 9.84 Å². The van der Waals surface area contributed by atoms with E-state index in [0.29, 0.717) is 26.1 Å². The van der Waals surface area contributed by atoms with Crippen molar-refractivity contribution in [2.24, 2.45) is 0 Å². The first-order valence-electron chi connectivity index (χ1n) is 4.83. The highest BCUT2D eigenvalue weighted by atomic mass is 32.2. The third kappa shape index (κ3) is 3.69. The zero-order valence-corrected chi connectivity index (χ0v) is 9.88. The summed E-state index contributed by atoms with van der Waals surface area (Å²) in [5, 5.41) is 9.99. The van der Waals surface area contributed by atoms with Crippen LogP contribution in [0.1, 0.15) is 12.8 Å². The van der Waals surface area contributed by atoms with E-state index in [4.69, 9.17) is 4.74 Å². The Bertz CT molecular complexity index is 296. The fourth-order valence-corrected chi connectivity index (χ4v) is 1.99. The van der Waals surface area contributed by atoms with Gasteiger partial charge in [-0.25, -0.2) is 0 Å². The minimum absolute atomic E-state index is 0.0386. The maximum Gasteiger partial charge on any atom is 0.279 e. The van der Waals surface area contributed by atoms with Crippen molar-refractivity contribution < 1.29 is 18.3 Å². The van der Waals surface area contributed by atoms with E-state index in [1.165, 1.54) is 14.1 Å². The molecule has 0 spiro atoms. The van der Waals surface area contributed by atoms with E-state index >= 15 is 0 Å². The van der Waals surface area contributed by atoms with E-state index in [1.54, 1.807) is 0 Å². The maximum absolute atomic E-state index is 11.4. The number of aliphatic hydroxyl groups is 1. The Labute approximate surface area is 90.4 Å². The van der Waals surface area contributed by atoms with Gasteiger partial charge in [0.2, 0.25) is 0 Å². The van der Waals surface area contributed by atoms with Gasteiger partial charge in [0.25, 0.3) is 10.2 Å². The molecule has 0 radical (unpaired) electrons. The topological polar surface area (TPSA) is 78.9 Å². The minimum atomic E-state index is -3.45. The van der Waals surface area contributed by atoms with Crippen molar-refractivity contribution >= 4 is 10.2 Å². The molecule has 1 heterocycles. The van der Waals surface area contributed by atoms with Gasteiger partial charge in [-0.3, -0.25) is 0 Å². The van der Waals surface area contributed by atoms with Crippen LogP contribution in [-0.4, -0.2) is 57.3 Å². The van der Waals surface area contributed by atoms with E-state index in [9.17, 15) is 13.5 Å². The molecule has 0 atom stereocenters. The number of rotatable bonds is 4. The van der Waals surface area contributed by atoms with Gasteiger partial charge in [-0.1, -0.05) is 0 Å². The molecule has 0 aromatic carbocycles. The third-order valence-corrected chi connectivity index (χ3v) is 3.96. The quantitative estimate of drug-likeness (QED) is 0.653. The molecule has 1 fully saturated rings. The van der Waals surface area contributed by atoms with Crippen molar-refractivity contribution in [3.8, 4) is 0 Å². The van der Waals surface area contributed by atoms with Crippen LogP contribution in [0.15, 0.2) is 0 Å². The second-order valence-electron chi connectivity index (χ2n) is 3.95. The molecule has 1 aliphatic rings. The number of hydrogen-bond donors (Lipinski definition) is 2. The zero-order valence-electron chi connectivity index (χ0n) is 9.06. The molecule has 90 valence electrons. The van der Waals surface area contributed by atoms with Crippen molar-refractivity contribution in [2.75, 3.05) is 33.9 Å². The van der Waals surface area contributed by atoms with E-state index in [1.807, 2.05) is 0 Å². The Morgan fingerprint density at radius 2 is 1.93 bits per heavy atom. The highest BCUT2D eigenvalue weighted by Crippen LogP contribution is 2.19. The first-order valence-corrected chi connectivity index (χ1v) is 6.27. The van der Waals surface area contributed by atoms with Crippen molar-refractivity contribution in [2.45, 2.75) is 18.4 Å². The lowest BCUT2D eigenvalue weighted by Gasteiger charge is -2.32. The molecule has 6 nitrogen and oxygen atoms in total. The summed E-state index contributed by atoms with van der Waals surface area (Å²) in [4.78, 5) is 0. The summed E-state index contributed by atoms with van der Waals surface area (Å²) in [6, 6.07) is 0.